The van der Waals surface area contributed by atoms with Gasteiger partial charge in [0.05, 0.1) is 0 Å². The zero-order chi connectivity index (χ0) is 10.4. The van der Waals surface area contributed by atoms with Crippen LogP contribution in [0.2, 0.25) is 0 Å². The number of hydrogen-bond donors (Lipinski definition) is 2. The lowest BCUT2D eigenvalue weighted by molar-refractivity contribution is 0.474. The van der Waals surface area contributed by atoms with Crippen LogP contribution in [0.5, 0.6) is 5.75 Å². The van der Waals surface area contributed by atoms with Gasteiger partial charge in [0.1, 0.15) is 5.75 Å². The summed E-state index contributed by atoms with van der Waals surface area (Å²) in [5, 5.41) is 9.17. The first-order chi connectivity index (χ1) is 6.77. The van der Waals surface area contributed by atoms with E-state index in [2.05, 4.69) is 6.92 Å². The van der Waals surface area contributed by atoms with E-state index in [-0.39, 0.29) is 0 Å². The molecular formula is C12H19NO. The summed E-state index contributed by atoms with van der Waals surface area (Å²) in [7, 11) is 0. The van der Waals surface area contributed by atoms with Gasteiger partial charge in [-0.25, -0.2) is 0 Å². The third kappa shape index (κ3) is 3.04. The molecule has 0 aliphatic carbocycles. The van der Waals surface area contributed by atoms with Gasteiger partial charge in [0.25, 0.3) is 0 Å². The summed E-state index contributed by atoms with van der Waals surface area (Å²) < 4.78 is 0. The molecule has 0 bridgehead atoms. The highest BCUT2D eigenvalue weighted by molar-refractivity contribution is 5.28. The summed E-state index contributed by atoms with van der Waals surface area (Å²) in [4.78, 5) is 0. The quantitative estimate of drug-likeness (QED) is 0.755. The van der Waals surface area contributed by atoms with E-state index in [1.54, 1.807) is 12.1 Å². The average Bonchev–Trinajstić information content (AvgIpc) is 2.21. The highest BCUT2D eigenvalue weighted by Gasteiger charge is 2.08. The zero-order valence-electron chi connectivity index (χ0n) is 8.74. The first-order valence-corrected chi connectivity index (χ1v) is 5.27. The predicted molar refractivity (Wildman–Crippen MR) is 59.4 cm³/mol. The van der Waals surface area contributed by atoms with Crippen molar-refractivity contribution in [2.24, 2.45) is 5.73 Å². The molecule has 1 rings (SSSR count). The van der Waals surface area contributed by atoms with Gasteiger partial charge in [0.2, 0.25) is 0 Å². The molecule has 1 aromatic carbocycles. The largest absolute Gasteiger partial charge is 0.508 e. The SMILES string of the molecule is CCC(CCCN)c1ccc(O)cc1. The predicted octanol–water partition coefficient (Wildman–Crippen LogP) is 2.62. The van der Waals surface area contributed by atoms with Gasteiger partial charge in [0, 0.05) is 0 Å². The van der Waals surface area contributed by atoms with Crippen molar-refractivity contribution >= 4 is 0 Å². The molecule has 1 unspecified atom stereocenters. The molecule has 0 aromatic heterocycles. The number of benzene rings is 1. The standard InChI is InChI=1S/C12H19NO/c1-2-10(4-3-9-13)11-5-7-12(14)8-6-11/h5-8,10,14H,2-4,9,13H2,1H3. The van der Waals surface area contributed by atoms with Gasteiger partial charge in [0.15, 0.2) is 0 Å². The molecule has 0 fully saturated rings. The van der Waals surface area contributed by atoms with Crippen molar-refractivity contribution in [3.05, 3.63) is 29.8 Å². The van der Waals surface area contributed by atoms with E-state index in [4.69, 9.17) is 10.8 Å². The third-order valence-electron chi connectivity index (χ3n) is 2.61. The van der Waals surface area contributed by atoms with Gasteiger partial charge >= 0.3 is 0 Å². The van der Waals surface area contributed by atoms with Crippen LogP contribution in [0, 0.1) is 0 Å². The van der Waals surface area contributed by atoms with Gasteiger partial charge in [-0.15, -0.1) is 0 Å². The van der Waals surface area contributed by atoms with E-state index in [0.717, 1.165) is 25.8 Å². The molecule has 3 N–H and O–H groups in total. The van der Waals surface area contributed by atoms with E-state index in [0.29, 0.717) is 11.7 Å². The summed E-state index contributed by atoms with van der Waals surface area (Å²) in [5.74, 6) is 0.918. The maximum Gasteiger partial charge on any atom is 0.115 e. The van der Waals surface area contributed by atoms with Gasteiger partial charge in [-0.1, -0.05) is 19.1 Å². The van der Waals surface area contributed by atoms with Crippen LogP contribution in [0.25, 0.3) is 0 Å². The summed E-state index contributed by atoms with van der Waals surface area (Å²) >= 11 is 0. The Kier molecular flexibility index (Phi) is 4.47. The molecule has 0 radical (unpaired) electrons. The second-order valence-corrected chi connectivity index (χ2v) is 3.63. The van der Waals surface area contributed by atoms with Crippen molar-refractivity contribution in [2.75, 3.05) is 6.54 Å². The highest BCUT2D eigenvalue weighted by atomic mass is 16.3. The van der Waals surface area contributed by atoms with Crippen molar-refractivity contribution in [1.82, 2.24) is 0 Å². The molecule has 1 aromatic rings. The molecule has 78 valence electrons. The number of nitrogens with two attached hydrogens (primary N) is 1. The monoisotopic (exact) mass is 193 g/mol. The van der Waals surface area contributed by atoms with Gasteiger partial charge in [-0.3, -0.25) is 0 Å². The summed E-state index contributed by atoms with van der Waals surface area (Å²) in [6.45, 7) is 2.95. The fourth-order valence-corrected chi connectivity index (χ4v) is 1.72. The molecule has 2 nitrogen and oxygen atoms in total. The van der Waals surface area contributed by atoms with Crippen LogP contribution in [0.4, 0.5) is 0 Å². The summed E-state index contributed by atoms with van der Waals surface area (Å²) in [6.07, 6.45) is 3.34. The lowest BCUT2D eigenvalue weighted by Gasteiger charge is -2.14. The van der Waals surface area contributed by atoms with Crippen molar-refractivity contribution in [2.45, 2.75) is 32.1 Å². The Hall–Kier alpha value is -1.02. The van der Waals surface area contributed by atoms with Crippen molar-refractivity contribution < 1.29 is 5.11 Å². The lowest BCUT2D eigenvalue weighted by Crippen LogP contribution is -2.03. The number of phenolic OH excluding ortho intramolecular Hbond substituents is 1. The molecule has 0 spiro atoms. The summed E-state index contributed by atoms with van der Waals surface area (Å²) in [5.41, 5.74) is 6.80. The second-order valence-electron chi connectivity index (χ2n) is 3.63. The maximum atomic E-state index is 9.17. The maximum absolute atomic E-state index is 9.17. The average molecular weight is 193 g/mol. The Bertz CT molecular complexity index is 256. The first-order valence-electron chi connectivity index (χ1n) is 5.27. The molecule has 2 heteroatoms. The van der Waals surface area contributed by atoms with Crippen LogP contribution < -0.4 is 5.73 Å². The molecular weight excluding hydrogens is 174 g/mol. The number of aromatic hydroxyl groups is 1. The molecule has 14 heavy (non-hydrogen) atoms. The van der Waals surface area contributed by atoms with E-state index in [1.165, 1.54) is 5.56 Å². The van der Waals surface area contributed by atoms with E-state index < -0.39 is 0 Å². The minimum Gasteiger partial charge on any atom is -0.508 e. The molecule has 1 atom stereocenters. The van der Waals surface area contributed by atoms with E-state index in [9.17, 15) is 0 Å². The smallest absolute Gasteiger partial charge is 0.115 e. The van der Waals surface area contributed by atoms with Crippen LogP contribution in [-0.4, -0.2) is 11.7 Å². The second kappa shape index (κ2) is 5.66. The number of hydrogen-bond acceptors (Lipinski definition) is 2. The van der Waals surface area contributed by atoms with Crippen LogP contribution in [-0.2, 0) is 0 Å². The zero-order valence-corrected chi connectivity index (χ0v) is 8.74. The van der Waals surface area contributed by atoms with Gasteiger partial charge < -0.3 is 10.8 Å². The Morgan fingerprint density at radius 2 is 1.93 bits per heavy atom. The Morgan fingerprint density at radius 3 is 2.43 bits per heavy atom. The third-order valence-corrected chi connectivity index (χ3v) is 2.61. The van der Waals surface area contributed by atoms with E-state index >= 15 is 0 Å². The molecule has 0 saturated heterocycles. The van der Waals surface area contributed by atoms with Gasteiger partial charge in [-0.05, 0) is 49.4 Å². The first kappa shape index (κ1) is 11.1. The van der Waals surface area contributed by atoms with Crippen LogP contribution in [0.1, 0.15) is 37.7 Å². The molecule has 0 heterocycles. The number of rotatable bonds is 5. The van der Waals surface area contributed by atoms with E-state index in [1.807, 2.05) is 12.1 Å². The molecule has 0 saturated carbocycles. The fraction of sp³-hybridized carbons (Fsp3) is 0.500. The normalized spacial score (nSPS) is 12.7. The van der Waals surface area contributed by atoms with Crippen LogP contribution in [0.3, 0.4) is 0 Å². The molecule has 0 aliphatic rings. The minimum atomic E-state index is 0.336. The Labute approximate surface area is 85.8 Å². The minimum absolute atomic E-state index is 0.336. The topological polar surface area (TPSA) is 46.2 Å². The highest BCUT2D eigenvalue weighted by Crippen LogP contribution is 2.25. The molecule has 0 aliphatic heterocycles. The fourth-order valence-electron chi connectivity index (χ4n) is 1.72. The van der Waals surface area contributed by atoms with Crippen molar-refractivity contribution in [3.8, 4) is 5.75 Å². The van der Waals surface area contributed by atoms with Gasteiger partial charge in [-0.2, -0.15) is 0 Å². The summed E-state index contributed by atoms with van der Waals surface area (Å²) in [6, 6.07) is 7.50. The van der Waals surface area contributed by atoms with Crippen LogP contribution >= 0.6 is 0 Å². The van der Waals surface area contributed by atoms with Crippen molar-refractivity contribution in [3.63, 3.8) is 0 Å². The Morgan fingerprint density at radius 1 is 1.29 bits per heavy atom. The lowest BCUT2D eigenvalue weighted by atomic mass is 9.92. The Balaban J connectivity index is 2.64. The van der Waals surface area contributed by atoms with Crippen LogP contribution in [0.15, 0.2) is 24.3 Å². The van der Waals surface area contributed by atoms with Crippen molar-refractivity contribution in [1.29, 1.82) is 0 Å². The number of phenols is 1. The molecule has 0 amide bonds.